The van der Waals surface area contributed by atoms with Gasteiger partial charge in [-0.3, -0.25) is 4.79 Å². The Hall–Kier alpha value is -0.610. The number of hydrogen-bond acceptors (Lipinski definition) is 3. The highest BCUT2D eigenvalue weighted by molar-refractivity contribution is 5.66. The molecule has 1 aliphatic heterocycles. The zero-order valence-electron chi connectivity index (χ0n) is 11.8. The van der Waals surface area contributed by atoms with E-state index in [-0.39, 0.29) is 6.42 Å². The van der Waals surface area contributed by atoms with E-state index < -0.39 is 5.97 Å². The van der Waals surface area contributed by atoms with Gasteiger partial charge in [0.1, 0.15) is 0 Å². The van der Waals surface area contributed by atoms with Gasteiger partial charge in [0.2, 0.25) is 0 Å². The minimum atomic E-state index is -0.689. The largest absolute Gasteiger partial charge is 0.481 e. The lowest BCUT2D eigenvalue weighted by molar-refractivity contribution is -0.137. The van der Waals surface area contributed by atoms with Crippen molar-refractivity contribution in [1.29, 1.82) is 0 Å². The summed E-state index contributed by atoms with van der Waals surface area (Å²) >= 11 is 0. The first kappa shape index (κ1) is 15.4. The Morgan fingerprint density at radius 1 is 1.33 bits per heavy atom. The van der Waals surface area contributed by atoms with Crippen LogP contribution in [0.4, 0.5) is 0 Å². The number of carboxylic acid groups (broad SMARTS) is 1. The SMILES string of the molecule is CCCNC1CC(CCC)CN(CCC(=O)O)C1. The molecule has 0 bridgehead atoms. The molecule has 1 rings (SSSR count). The molecule has 4 nitrogen and oxygen atoms in total. The van der Waals surface area contributed by atoms with Gasteiger partial charge in [0.05, 0.1) is 6.42 Å². The summed E-state index contributed by atoms with van der Waals surface area (Å²) in [6.45, 7) is 8.25. The zero-order valence-corrected chi connectivity index (χ0v) is 11.8. The van der Waals surface area contributed by atoms with Crippen LogP contribution in [0.2, 0.25) is 0 Å². The Morgan fingerprint density at radius 2 is 2.11 bits per heavy atom. The van der Waals surface area contributed by atoms with Crippen LogP contribution in [0.1, 0.15) is 46.0 Å². The normalized spacial score (nSPS) is 25.2. The maximum atomic E-state index is 10.7. The molecule has 1 saturated heterocycles. The van der Waals surface area contributed by atoms with Crippen LogP contribution < -0.4 is 5.32 Å². The second-order valence-corrected chi connectivity index (χ2v) is 5.44. The minimum Gasteiger partial charge on any atom is -0.481 e. The lowest BCUT2D eigenvalue weighted by Gasteiger charge is -2.38. The molecule has 0 saturated carbocycles. The van der Waals surface area contributed by atoms with Crippen molar-refractivity contribution >= 4 is 5.97 Å². The molecule has 0 aromatic heterocycles. The van der Waals surface area contributed by atoms with Gasteiger partial charge < -0.3 is 15.3 Å². The molecule has 1 fully saturated rings. The zero-order chi connectivity index (χ0) is 13.4. The smallest absolute Gasteiger partial charge is 0.304 e. The quantitative estimate of drug-likeness (QED) is 0.697. The Kier molecular flexibility index (Phi) is 7.28. The van der Waals surface area contributed by atoms with Gasteiger partial charge in [0.25, 0.3) is 0 Å². The van der Waals surface area contributed by atoms with Crippen LogP contribution >= 0.6 is 0 Å². The predicted octanol–water partition coefficient (Wildman–Crippen LogP) is 1.95. The van der Waals surface area contributed by atoms with E-state index in [4.69, 9.17) is 5.11 Å². The van der Waals surface area contributed by atoms with Gasteiger partial charge in [-0.15, -0.1) is 0 Å². The van der Waals surface area contributed by atoms with E-state index in [1.807, 2.05) is 0 Å². The fourth-order valence-electron chi connectivity index (χ4n) is 2.85. The molecule has 4 heteroatoms. The molecule has 0 spiro atoms. The highest BCUT2D eigenvalue weighted by atomic mass is 16.4. The highest BCUT2D eigenvalue weighted by Gasteiger charge is 2.26. The summed E-state index contributed by atoms with van der Waals surface area (Å²) in [5.74, 6) is 0.0394. The standard InChI is InChI=1S/C14H28N2O2/c1-3-5-12-9-13(15-7-4-2)11-16(10-12)8-6-14(17)18/h12-13,15H,3-11H2,1-2H3,(H,17,18). The lowest BCUT2D eigenvalue weighted by Crippen LogP contribution is -2.49. The van der Waals surface area contributed by atoms with E-state index in [9.17, 15) is 4.79 Å². The molecule has 106 valence electrons. The molecule has 0 amide bonds. The minimum absolute atomic E-state index is 0.263. The molecule has 0 aromatic carbocycles. The number of carbonyl (C=O) groups is 1. The van der Waals surface area contributed by atoms with Crippen molar-refractivity contribution in [3.05, 3.63) is 0 Å². The van der Waals surface area contributed by atoms with E-state index in [0.717, 1.165) is 32.0 Å². The Bertz CT molecular complexity index is 246. The van der Waals surface area contributed by atoms with Gasteiger partial charge >= 0.3 is 5.97 Å². The third-order valence-electron chi connectivity index (χ3n) is 3.63. The van der Waals surface area contributed by atoms with E-state index in [0.29, 0.717) is 12.6 Å². The Labute approximate surface area is 111 Å². The summed E-state index contributed by atoms with van der Waals surface area (Å²) in [5.41, 5.74) is 0. The molecule has 0 aromatic rings. The van der Waals surface area contributed by atoms with E-state index in [1.54, 1.807) is 0 Å². The van der Waals surface area contributed by atoms with Crippen molar-refractivity contribution in [3.63, 3.8) is 0 Å². The third kappa shape index (κ3) is 5.83. The molecule has 0 radical (unpaired) electrons. The summed E-state index contributed by atoms with van der Waals surface area (Å²) in [6, 6.07) is 0.545. The van der Waals surface area contributed by atoms with Crippen LogP contribution in [0.15, 0.2) is 0 Å². The molecule has 1 aliphatic rings. The van der Waals surface area contributed by atoms with Crippen LogP contribution in [0, 0.1) is 5.92 Å². The summed E-state index contributed by atoms with van der Waals surface area (Å²) in [4.78, 5) is 13.0. The van der Waals surface area contributed by atoms with Crippen molar-refractivity contribution in [3.8, 4) is 0 Å². The molecule has 1 heterocycles. The van der Waals surface area contributed by atoms with E-state index >= 15 is 0 Å². The van der Waals surface area contributed by atoms with Gasteiger partial charge in [-0.2, -0.15) is 0 Å². The monoisotopic (exact) mass is 256 g/mol. The van der Waals surface area contributed by atoms with Gasteiger partial charge in [-0.05, 0) is 31.7 Å². The second kappa shape index (κ2) is 8.48. The van der Waals surface area contributed by atoms with Crippen molar-refractivity contribution in [2.24, 2.45) is 5.92 Å². The summed E-state index contributed by atoms with van der Waals surface area (Å²) in [7, 11) is 0. The van der Waals surface area contributed by atoms with Gasteiger partial charge in [0.15, 0.2) is 0 Å². The summed E-state index contributed by atoms with van der Waals surface area (Å²) in [5, 5.41) is 12.4. The molecular formula is C14H28N2O2. The first-order valence-corrected chi connectivity index (χ1v) is 7.33. The van der Waals surface area contributed by atoms with Crippen LogP contribution in [-0.4, -0.2) is 48.2 Å². The summed E-state index contributed by atoms with van der Waals surface area (Å²) < 4.78 is 0. The number of piperidine rings is 1. The van der Waals surface area contributed by atoms with Gasteiger partial charge in [0, 0.05) is 25.7 Å². The molecule has 2 N–H and O–H groups in total. The fourth-order valence-corrected chi connectivity index (χ4v) is 2.85. The van der Waals surface area contributed by atoms with Crippen LogP contribution in [0.25, 0.3) is 0 Å². The van der Waals surface area contributed by atoms with Crippen molar-refractivity contribution in [1.82, 2.24) is 10.2 Å². The maximum Gasteiger partial charge on any atom is 0.304 e. The number of carboxylic acids is 1. The maximum absolute atomic E-state index is 10.7. The molecule has 2 unspecified atom stereocenters. The lowest BCUT2D eigenvalue weighted by atomic mass is 9.90. The predicted molar refractivity (Wildman–Crippen MR) is 73.8 cm³/mol. The van der Waals surface area contributed by atoms with Crippen LogP contribution in [0.5, 0.6) is 0 Å². The molecule has 18 heavy (non-hydrogen) atoms. The first-order chi connectivity index (χ1) is 8.65. The van der Waals surface area contributed by atoms with Crippen molar-refractivity contribution in [2.75, 3.05) is 26.2 Å². The number of nitrogens with one attached hydrogen (secondary N) is 1. The first-order valence-electron chi connectivity index (χ1n) is 7.33. The number of aliphatic carboxylic acids is 1. The summed E-state index contributed by atoms with van der Waals surface area (Å²) in [6.07, 6.45) is 5.15. The molecule has 0 aliphatic carbocycles. The third-order valence-corrected chi connectivity index (χ3v) is 3.63. The topological polar surface area (TPSA) is 52.6 Å². The average molecular weight is 256 g/mol. The van der Waals surface area contributed by atoms with Crippen molar-refractivity contribution < 1.29 is 9.90 Å². The van der Waals surface area contributed by atoms with Crippen molar-refractivity contribution in [2.45, 2.75) is 52.0 Å². The van der Waals surface area contributed by atoms with Crippen LogP contribution in [-0.2, 0) is 4.79 Å². The number of nitrogens with zero attached hydrogens (tertiary/aromatic N) is 1. The Morgan fingerprint density at radius 3 is 2.72 bits per heavy atom. The average Bonchev–Trinajstić information content (AvgIpc) is 2.34. The number of rotatable bonds is 8. The molecular weight excluding hydrogens is 228 g/mol. The Balaban J connectivity index is 2.42. The van der Waals surface area contributed by atoms with Gasteiger partial charge in [-0.1, -0.05) is 20.3 Å². The second-order valence-electron chi connectivity index (χ2n) is 5.44. The molecule has 2 atom stereocenters. The fraction of sp³-hybridized carbons (Fsp3) is 0.929. The highest BCUT2D eigenvalue weighted by Crippen LogP contribution is 2.21. The van der Waals surface area contributed by atoms with Gasteiger partial charge in [-0.25, -0.2) is 0 Å². The van der Waals surface area contributed by atoms with Crippen LogP contribution in [0.3, 0.4) is 0 Å². The number of likely N-dealkylation sites (tertiary alicyclic amines) is 1. The number of hydrogen-bond donors (Lipinski definition) is 2. The van der Waals surface area contributed by atoms with E-state index in [1.165, 1.54) is 19.3 Å². The van der Waals surface area contributed by atoms with E-state index in [2.05, 4.69) is 24.1 Å².